The van der Waals surface area contributed by atoms with Crippen molar-refractivity contribution in [3.05, 3.63) is 72.8 Å². The molecule has 0 atom stereocenters. The van der Waals surface area contributed by atoms with Crippen molar-refractivity contribution in [2.24, 2.45) is 0 Å². The highest BCUT2D eigenvalue weighted by molar-refractivity contribution is 8.65. The van der Waals surface area contributed by atoms with Gasteiger partial charge < -0.3 is 4.90 Å². The molecule has 0 heterocycles. The first-order valence-electron chi connectivity index (χ1n) is 8.49. The van der Waals surface area contributed by atoms with Crippen LogP contribution in [0.5, 0.6) is 0 Å². The zero-order valence-electron chi connectivity index (χ0n) is 15.6. The summed E-state index contributed by atoms with van der Waals surface area (Å²) in [4.78, 5) is 4.26. The molecule has 0 aliphatic rings. The number of rotatable bonds is 6. The van der Waals surface area contributed by atoms with Crippen LogP contribution in [-0.4, -0.2) is 18.5 Å². The molecule has 154 valence electrons. The summed E-state index contributed by atoms with van der Waals surface area (Å²) in [5, 5.41) is 0.753. The normalized spacial score (nSPS) is 12.7. The highest BCUT2D eigenvalue weighted by Crippen LogP contribution is 2.62. The molecule has 0 aliphatic carbocycles. The molecule has 0 N–H and O–H groups in total. The molecule has 0 aromatic heterocycles. The van der Waals surface area contributed by atoms with Crippen LogP contribution in [0.1, 0.15) is 0 Å². The van der Waals surface area contributed by atoms with Gasteiger partial charge in [-0.1, -0.05) is 20.6 Å². The van der Waals surface area contributed by atoms with Gasteiger partial charge in [-0.25, -0.2) is 0 Å². The minimum absolute atomic E-state index is 0.753. The van der Waals surface area contributed by atoms with E-state index in [4.69, 9.17) is 54.6 Å². The number of halogens is 5. The Labute approximate surface area is 201 Å². The van der Waals surface area contributed by atoms with Crippen molar-refractivity contribution in [1.82, 2.24) is 0 Å². The summed E-state index contributed by atoms with van der Waals surface area (Å²) in [7, 11) is 10.8. The van der Waals surface area contributed by atoms with Crippen molar-refractivity contribution in [3.63, 3.8) is 0 Å². The van der Waals surface area contributed by atoms with E-state index in [2.05, 4.69) is 35.4 Å². The fourth-order valence-electron chi connectivity index (χ4n) is 2.81. The summed E-state index contributed by atoms with van der Waals surface area (Å²) in [6, 6.07) is 21.1. The third-order valence-electron chi connectivity index (χ3n) is 4.29. The Kier molecular flexibility index (Phi) is 7.72. The van der Waals surface area contributed by atoms with E-state index in [1.54, 1.807) is 11.8 Å². The van der Waals surface area contributed by atoms with Gasteiger partial charge in [-0.05, 0) is 99.7 Å². The van der Waals surface area contributed by atoms with Gasteiger partial charge >= 0.3 is 6.00 Å². The molecule has 0 amide bonds. The van der Waals surface area contributed by atoms with Crippen molar-refractivity contribution in [2.75, 3.05) is 17.4 Å². The van der Waals surface area contributed by atoms with E-state index in [-0.39, 0.29) is 0 Å². The van der Waals surface area contributed by atoms with E-state index in [9.17, 15) is 0 Å². The van der Waals surface area contributed by atoms with Crippen LogP contribution in [0.3, 0.4) is 0 Å². The Hall–Kier alpha value is -0.173. The third-order valence-corrected chi connectivity index (χ3v) is 10.2. The van der Waals surface area contributed by atoms with Crippen molar-refractivity contribution >= 4 is 103 Å². The molecule has 3 aromatic carbocycles. The molecule has 0 saturated carbocycles. The lowest BCUT2D eigenvalue weighted by molar-refractivity contribution is 1.26. The second-order valence-corrected chi connectivity index (χ2v) is 21.7. The van der Waals surface area contributed by atoms with E-state index in [1.165, 1.54) is 4.90 Å². The maximum atomic E-state index is 6.32. The SMILES string of the molecule is CSc1ccc(N(c2ccc([Si](Cl)(Cl)Cl)cc2)c2ccc(S(C)(Cl)Cl)cc2)cc1. The minimum atomic E-state index is -2.92. The van der Waals surface area contributed by atoms with Gasteiger partial charge in [0.15, 0.2) is 0 Å². The second kappa shape index (κ2) is 9.54. The maximum Gasteiger partial charge on any atom is 0.372 e. The Morgan fingerprint density at radius 3 is 1.52 bits per heavy atom. The van der Waals surface area contributed by atoms with Crippen LogP contribution in [0.25, 0.3) is 0 Å². The van der Waals surface area contributed by atoms with Crippen LogP contribution in [0.2, 0.25) is 0 Å². The van der Waals surface area contributed by atoms with Gasteiger partial charge in [0.2, 0.25) is 0 Å². The van der Waals surface area contributed by atoms with Crippen LogP contribution in [-0.2, 0) is 0 Å². The van der Waals surface area contributed by atoms with Gasteiger partial charge in [0.25, 0.3) is 0 Å². The van der Waals surface area contributed by atoms with Gasteiger partial charge in [-0.3, -0.25) is 0 Å². The first-order chi connectivity index (χ1) is 13.6. The van der Waals surface area contributed by atoms with Crippen molar-refractivity contribution in [2.45, 2.75) is 9.79 Å². The standard InChI is InChI=1S/C20H18Cl5NS2Si/c1-27-18-9-3-15(4-10-18)26(16-5-11-19(12-6-16)28(2,21)22)17-7-13-20(14-8-17)29(23,24)25/h3-14H,1-2H3. The molecule has 0 radical (unpaired) electrons. The Balaban J connectivity index is 2.06. The van der Waals surface area contributed by atoms with Gasteiger partial charge in [-0.2, -0.15) is 0 Å². The Morgan fingerprint density at radius 2 is 1.14 bits per heavy atom. The number of benzene rings is 3. The molecule has 29 heavy (non-hydrogen) atoms. The van der Waals surface area contributed by atoms with Crippen LogP contribution < -0.4 is 10.1 Å². The molecule has 0 bridgehead atoms. The molecule has 0 spiro atoms. The topological polar surface area (TPSA) is 3.24 Å². The summed E-state index contributed by atoms with van der Waals surface area (Å²) < 4.78 is 0. The molecule has 3 aromatic rings. The molecule has 0 unspecified atom stereocenters. The monoisotopic (exact) mass is 539 g/mol. The van der Waals surface area contributed by atoms with Crippen LogP contribution in [0.4, 0.5) is 17.1 Å². The molecular weight excluding hydrogens is 524 g/mol. The Bertz CT molecular complexity index is 895. The second-order valence-electron chi connectivity index (χ2n) is 6.30. The number of hydrogen-bond donors (Lipinski definition) is 0. The van der Waals surface area contributed by atoms with Crippen LogP contribution >= 0.6 is 74.8 Å². The molecule has 0 aliphatic heterocycles. The fraction of sp³-hybridized carbons (Fsp3) is 0.100. The third kappa shape index (κ3) is 5.96. The van der Waals surface area contributed by atoms with E-state index < -0.39 is 14.5 Å². The lowest BCUT2D eigenvalue weighted by Gasteiger charge is -2.27. The summed E-state index contributed by atoms with van der Waals surface area (Å²) in [6.07, 6.45) is 3.89. The Morgan fingerprint density at radius 1 is 0.724 bits per heavy atom. The molecule has 0 fully saturated rings. The molecule has 0 saturated heterocycles. The molecule has 3 rings (SSSR count). The summed E-state index contributed by atoms with van der Waals surface area (Å²) in [5.41, 5.74) is 2.98. The van der Waals surface area contributed by atoms with Gasteiger partial charge in [0.05, 0.1) is 0 Å². The van der Waals surface area contributed by atoms with Crippen molar-refractivity contribution < 1.29 is 0 Å². The highest BCUT2D eigenvalue weighted by atomic mass is 36.0. The quantitative estimate of drug-likeness (QED) is 0.174. The first-order valence-corrected chi connectivity index (χ1v) is 18.4. The zero-order valence-corrected chi connectivity index (χ0v) is 22.0. The average Bonchev–Trinajstić information content (AvgIpc) is 2.68. The summed E-state index contributed by atoms with van der Waals surface area (Å²) in [5.74, 6) is 0. The molecule has 9 heteroatoms. The fourth-order valence-corrected chi connectivity index (χ4v) is 6.13. The predicted molar refractivity (Wildman–Crippen MR) is 139 cm³/mol. The van der Waals surface area contributed by atoms with E-state index in [0.717, 1.165) is 27.1 Å². The minimum Gasteiger partial charge on any atom is -0.311 e. The largest absolute Gasteiger partial charge is 0.372 e. The molecular formula is C20H18Cl5NS2Si. The predicted octanol–water partition coefficient (Wildman–Crippen LogP) is 8.84. The first kappa shape index (κ1) is 23.5. The van der Waals surface area contributed by atoms with Gasteiger partial charge in [-0.15, -0.1) is 45.0 Å². The maximum absolute atomic E-state index is 6.32. The number of anilines is 3. The zero-order chi connectivity index (χ0) is 21.2. The smallest absolute Gasteiger partial charge is 0.311 e. The van der Waals surface area contributed by atoms with Crippen molar-refractivity contribution in [3.8, 4) is 0 Å². The summed E-state index contributed by atoms with van der Waals surface area (Å²) >= 11 is 20.2. The number of nitrogens with zero attached hydrogens (tertiary/aromatic N) is 1. The van der Waals surface area contributed by atoms with Crippen LogP contribution in [0.15, 0.2) is 82.6 Å². The van der Waals surface area contributed by atoms with E-state index >= 15 is 0 Å². The van der Waals surface area contributed by atoms with Gasteiger partial charge in [0.1, 0.15) is 0 Å². The lowest BCUT2D eigenvalue weighted by Crippen LogP contribution is -2.29. The highest BCUT2D eigenvalue weighted by Gasteiger charge is 2.28. The molecule has 1 nitrogen and oxygen atoms in total. The van der Waals surface area contributed by atoms with Crippen LogP contribution in [0, 0.1) is 0 Å². The van der Waals surface area contributed by atoms with Gasteiger partial charge in [0, 0.05) is 26.9 Å². The number of thioether (sulfide) groups is 1. The average molecular weight is 542 g/mol. The lowest BCUT2D eigenvalue weighted by atomic mass is 10.2. The van der Waals surface area contributed by atoms with Crippen molar-refractivity contribution in [1.29, 1.82) is 0 Å². The van der Waals surface area contributed by atoms with E-state index in [0.29, 0.717) is 0 Å². The number of hydrogen-bond acceptors (Lipinski definition) is 2. The summed E-state index contributed by atoms with van der Waals surface area (Å²) in [6.45, 7) is 0. The van der Waals surface area contributed by atoms with E-state index in [1.807, 2.05) is 54.8 Å².